The van der Waals surface area contributed by atoms with Crippen molar-refractivity contribution in [2.75, 3.05) is 52.9 Å². The Morgan fingerprint density at radius 1 is 0.739 bits per heavy atom. The van der Waals surface area contributed by atoms with E-state index in [9.17, 15) is 10.2 Å². The number of fused-ring (bicyclic) bond motifs is 1. The highest BCUT2D eigenvalue weighted by molar-refractivity contribution is 5.86. The number of hydrogen-bond acceptors (Lipinski definition) is 6. The number of aliphatic imine (C=N–C) groups is 2. The first-order chi connectivity index (χ1) is 21.5. The molecule has 0 aromatic heterocycles. The van der Waals surface area contributed by atoms with Crippen LogP contribution >= 0.6 is 0 Å². The third kappa shape index (κ3) is 8.71. The molecule has 0 radical (unpaired) electrons. The summed E-state index contributed by atoms with van der Waals surface area (Å²) in [5.41, 5.74) is 5.55. The van der Waals surface area contributed by atoms with Gasteiger partial charge in [0, 0.05) is 42.0 Å². The van der Waals surface area contributed by atoms with Gasteiger partial charge >= 0.3 is 5.96 Å². The first-order valence-electron chi connectivity index (χ1n) is 17.3. The van der Waals surface area contributed by atoms with Crippen LogP contribution in [0.1, 0.15) is 115 Å². The molecule has 0 unspecified atom stereocenters. The van der Waals surface area contributed by atoms with E-state index in [1.54, 1.807) is 12.4 Å². The Hall–Kier alpha value is -3.35. The van der Waals surface area contributed by atoms with Crippen LogP contribution in [0.2, 0.25) is 0 Å². The molecule has 1 saturated heterocycles. The summed E-state index contributed by atoms with van der Waals surface area (Å²) in [5, 5.41) is 22.4. The number of nitrogens with zero attached hydrogens (tertiary/aromatic N) is 5. The predicted molar refractivity (Wildman–Crippen MR) is 194 cm³/mol. The van der Waals surface area contributed by atoms with Gasteiger partial charge in [-0.15, -0.1) is 0 Å². The molecule has 2 N–H and O–H groups in total. The highest BCUT2D eigenvalue weighted by Crippen LogP contribution is 2.37. The lowest BCUT2D eigenvalue weighted by molar-refractivity contribution is -0.515. The Morgan fingerprint density at radius 2 is 1.30 bits per heavy atom. The molecule has 2 aliphatic heterocycles. The van der Waals surface area contributed by atoms with Gasteiger partial charge in [0.15, 0.2) is 0 Å². The smallest absolute Gasteiger partial charge is 0.350 e. The number of phenols is 2. The van der Waals surface area contributed by atoms with Crippen molar-refractivity contribution in [1.82, 2.24) is 9.80 Å². The summed E-state index contributed by atoms with van der Waals surface area (Å²) in [6.45, 7) is 26.1. The molecule has 2 heterocycles. The first-order valence-corrected chi connectivity index (χ1v) is 17.3. The van der Waals surface area contributed by atoms with E-state index in [4.69, 9.17) is 0 Å². The predicted octanol–water partition coefficient (Wildman–Crippen LogP) is 6.87. The molecule has 252 valence electrons. The van der Waals surface area contributed by atoms with E-state index in [0.29, 0.717) is 24.6 Å². The lowest BCUT2D eigenvalue weighted by atomic mass is 9.79. The fourth-order valence-corrected chi connectivity index (χ4v) is 6.46. The average molecular weight is 631 g/mol. The minimum absolute atomic E-state index is 0.0388. The van der Waals surface area contributed by atoms with E-state index in [0.717, 1.165) is 67.8 Å². The van der Waals surface area contributed by atoms with E-state index in [1.807, 2.05) is 6.07 Å². The van der Waals surface area contributed by atoms with E-state index >= 15 is 0 Å². The van der Waals surface area contributed by atoms with Crippen LogP contribution in [0.25, 0.3) is 0 Å². The number of aryl methyl sites for hydroxylation is 1. The lowest BCUT2D eigenvalue weighted by Crippen LogP contribution is -2.57. The van der Waals surface area contributed by atoms with Crippen molar-refractivity contribution in [1.29, 1.82) is 0 Å². The van der Waals surface area contributed by atoms with Gasteiger partial charge in [-0.2, -0.15) is 0 Å². The number of phenolic OH excluding ortho intramolecular Hbond substituents is 2. The van der Waals surface area contributed by atoms with Gasteiger partial charge in [0.05, 0.1) is 52.9 Å². The van der Waals surface area contributed by atoms with Crippen LogP contribution in [0, 0.1) is 0 Å². The second-order valence-electron chi connectivity index (χ2n) is 16.4. The quantitative estimate of drug-likeness (QED) is 0.180. The van der Waals surface area contributed by atoms with Crippen molar-refractivity contribution >= 4 is 18.4 Å². The Morgan fingerprint density at radius 3 is 1.89 bits per heavy atom. The van der Waals surface area contributed by atoms with Crippen LogP contribution < -0.4 is 0 Å². The SMILES string of the molecule is C[N+]1=C2N(CCCc3cc(C(C)(C)C)cc(C=NCCN=Cc4cc(C(C)(C)C)cc(C(C)(C)C)c4O)c3O)CCCN2CCC1. The Balaban J connectivity index is 1.45. The first kappa shape index (κ1) is 35.5. The molecule has 7 heteroatoms. The van der Waals surface area contributed by atoms with Crippen LogP contribution in [-0.2, 0) is 22.7 Å². The minimum atomic E-state index is -0.180. The minimum Gasteiger partial charge on any atom is -0.507 e. The third-order valence-corrected chi connectivity index (χ3v) is 9.28. The largest absolute Gasteiger partial charge is 0.507 e. The second kappa shape index (κ2) is 14.2. The molecule has 0 aliphatic carbocycles. The fourth-order valence-electron chi connectivity index (χ4n) is 6.46. The number of rotatable bonds is 9. The second-order valence-corrected chi connectivity index (χ2v) is 16.4. The van der Waals surface area contributed by atoms with Crippen molar-refractivity contribution in [2.45, 2.75) is 104 Å². The van der Waals surface area contributed by atoms with Gasteiger partial charge in [0.1, 0.15) is 11.5 Å². The molecule has 2 aliphatic rings. The normalized spacial score (nSPS) is 16.7. The Labute approximate surface area is 278 Å². The van der Waals surface area contributed by atoms with Gasteiger partial charge < -0.3 is 10.2 Å². The fraction of sp³-hybridized carbons (Fsp3) is 0.615. The molecule has 2 aromatic rings. The summed E-state index contributed by atoms with van der Waals surface area (Å²) in [6.07, 6.45) is 7.81. The van der Waals surface area contributed by atoms with E-state index in [-0.39, 0.29) is 16.2 Å². The molecular weight excluding hydrogens is 570 g/mol. The molecule has 0 saturated carbocycles. The number of aromatic hydroxyl groups is 2. The topological polar surface area (TPSA) is 74.7 Å². The van der Waals surface area contributed by atoms with Gasteiger partial charge in [-0.3, -0.25) is 24.4 Å². The number of guanidine groups is 1. The summed E-state index contributed by atoms with van der Waals surface area (Å²) in [7, 11) is 2.21. The highest BCUT2D eigenvalue weighted by Gasteiger charge is 2.34. The standard InChI is InChI=1S/C39H59N5O2/c1-37(2,3)31-22-28(14-11-18-43-20-13-21-44-19-12-17-42(10)36(43)44)34(45)29(23-31)26-40-15-16-41-27-30-24-32(38(4,5)6)25-33(35(30)46)39(7,8)9/h22-27H,11-21H2,1-10H3,(H-,40,41,45,46)/p+1. The van der Waals surface area contributed by atoms with E-state index in [1.165, 1.54) is 29.9 Å². The molecule has 2 aromatic carbocycles. The molecule has 1 fully saturated rings. The van der Waals surface area contributed by atoms with Gasteiger partial charge in [0.2, 0.25) is 0 Å². The maximum Gasteiger partial charge on any atom is 0.350 e. The third-order valence-electron chi connectivity index (χ3n) is 9.28. The Bertz CT molecular complexity index is 1470. The zero-order valence-corrected chi connectivity index (χ0v) is 30.4. The molecule has 0 bridgehead atoms. The average Bonchev–Trinajstić information content (AvgIpc) is 2.95. The van der Waals surface area contributed by atoms with Crippen molar-refractivity contribution in [3.8, 4) is 11.5 Å². The van der Waals surface area contributed by atoms with Gasteiger partial charge in [-0.1, -0.05) is 74.4 Å². The van der Waals surface area contributed by atoms with Crippen LogP contribution in [-0.4, -0.2) is 95.8 Å². The van der Waals surface area contributed by atoms with Crippen molar-refractivity contribution in [2.24, 2.45) is 9.98 Å². The molecule has 46 heavy (non-hydrogen) atoms. The van der Waals surface area contributed by atoms with Crippen LogP contribution in [0.15, 0.2) is 34.3 Å². The summed E-state index contributed by atoms with van der Waals surface area (Å²) in [5.74, 6) is 2.01. The molecular formula is C39H60N5O2+. The molecule has 4 rings (SSSR count). The zero-order chi connectivity index (χ0) is 33.9. The molecule has 0 amide bonds. The van der Waals surface area contributed by atoms with Gasteiger partial charge in [0.25, 0.3) is 0 Å². The van der Waals surface area contributed by atoms with Crippen LogP contribution in [0.3, 0.4) is 0 Å². The monoisotopic (exact) mass is 630 g/mol. The van der Waals surface area contributed by atoms with Crippen molar-refractivity contribution in [3.05, 3.63) is 57.6 Å². The maximum atomic E-state index is 11.3. The van der Waals surface area contributed by atoms with Crippen LogP contribution in [0.5, 0.6) is 11.5 Å². The maximum absolute atomic E-state index is 11.3. The lowest BCUT2D eigenvalue weighted by Gasteiger charge is -2.36. The highest BCUT2D eigenvalue weighted by atomic mass is 16.3. The molecule has 0 atom stereocenters. The van der Waals surface area contributed by atoms with Gasteiger partial charge in [-0.05, 0) is 57.9 Å². The molecule has 0 spiro atoms. The number of benzene rings is 2. The summed E-state index contributed by atoms with van der Waals surface area (Å²) in [6, 6.07) is 8.43. The zero-order valence-electron chi connectivity index (χ0n) is 30.4. The van der Waals surface area contributed by atoms with Crippen molar-refractivity contribution in [3.63, 3.8) is 0 Å². The summed E-state index contributed by atoms with van der Waals surface area (Å²) < 4.78 is 2.41. The molecule has 7 nitrogen and oxygen atoms in total. The summed E-state index contributed by atoms with van der Waals surface area (Å²) >= 11 is 0. The van der Waals surface area contributed by atoms with Crippen LogP contribution in [0.4, 0.5) is 0 Å². The summed E-state index contributed by atoms with van der Waals surface area (Å²) in [4.78, 5) is 14.4. The van der Waals surface area contributed by atoms with Gasteiger partial charge in [-0.25, -0.2) is 0 Å². The Kier molecular flexibility index (Phi) is 10.9. The van der Waals surface area contributed by atoms with Crippen molar-refractivity contribution < 1.29 is 14.8 Å². The van der Waals surface area contributed by atoms with E-state index in [2.05, 4.69) is 112 Å². The van der Waals surface area contributed by atoms with E-state index < -0.39 is 0 Å². The number of hydrogen-bond donors (Lipinski definition) is 2.